The third kappa shape index (κ3) is 9.64. The topological polar surface area (TPSA) is 67.4 Å². The molecular formula is C21H25F3N2O3. The van der Waals surface area contributed by atoms with Crippen molar-refractivity contribution in [1.29, 1.82) is 0 Å². The highest BCUT2D eigenvalue weighted by Crippen LogP contribution is 2.10. The number of halogens is 3. The summed E-state index contributed by atoms with van der Waals surface area (Å²) in [7, 11) is 1.45. The Balaban J connectivity index is 2.82. The highest BCUT2D eigenvalue weighted by Gasteiger charge is 2.20. The summed E-state index contributed by atoms with van der Waals surface area (Å²) >= 11 is 0. The number of amides is 2. The van der Waals surface area contributed by atoms with E-state index in [2.05, 4.69) is 10.6 Å². The molecule has 5 nitrogen and oxygen atoms in total. The van der Waals surface area contributed by atoms with Crippen molar-refractivity contribution in [3.05, 3.63) is 71.7 Å². The maximum absolute atomic E-state index is 13.4. The third-order valence-corrected chi connectivity index (χ3v) is 3.71. The minimum Gasteiger partial charge on any atom is -0.497 e. The van der Waals surface area contributed by atoms with Gasteiger partial charge in [-0.25, -0.2) is 8.78 Å². The van der Waals surface area contributed by atoms with Gasteiger partial charge >= 0.3 is 0 Å². The van der Waals surface area contributed by atoms with Crippen LogP contribution in [0.3, 0.4) is 0 Å². The van der Waals surface area contributed by atoms with Crippen LogP contribution in [0.4, 0.5) is 13.2 Å². The molecule has 0 aromatic heterocycles. The van der Waals surface area contributed by atoms with Crippen LogP contribution >= 0.6 is 0 Å². The molecule has 0 saturated carbocycles. The van der Waals surface area contributed by atoms with Gasteiger partial charge < -0.3 is 15.4 Å². The summed E-state index contributed by atoms with van der Waals surface area (Å²) < 4.78 is 44.0. The van der Waals surface area contributed by atoms with E-state index in [0.717, 1.165) is 18.2 Å². The molecule has 1 aromatic rings. The van der Waals surface area contributed by atoms with E-state index in [1.165, 1.54) is 19.4 Å². The predicted molar refractivity (Wildman–Crippen MR) is 104 cm³/mol. The Morgan fingerprint density at radius 1 is 1.21 bits per heavy atom. The molecule has 1 unspecified atom stereocenters. The molecule has 158 valence electrons. The number of hydrogen-bond acceptors (Lipinski definition) is 3. The standard InChI is InChI=1S/C21H25F3N2O3/c1-3-20(27)26-19(13-15-11-16(23)14-17(24)12-15)21(28)25-10-6-8-18(29-2)7-4-5-9-22/h4,6-8,10-12,14,19H,3,5,9,13H2,1-2H3,(H,25,28)(H,26,27)/b7-4-,10-6+,18-8+. The van der Waals surface area contributed by atoms with Crippen LogP contribution in [-0.2, 0) is 20.7 Å². The van der Waals surface area contributed by atoms with Gasteiger partial charge in [0.15, 0.2) is 0 Å². The van der Waals surface area contributed by atoms with Crippen molar-refractivity contribution < 1.29 is 27.5 Å². The normalized spacial score (nSPS) is 12.9. The molecule has 8 heteroatoms. The summed E-state index contributed by atoms with van der Waals surface area (Å²) in [6.45, 7) is 1.15. The van der Waals surface area contributed by atoms with E-state index in [1.807, 2.05) is 0 Å². The van der Waals surface area contributed by atoms with Gasteiger partial charge in [-0.3, -0.25) is 14.0 Å². The molecule has 29 heavy (non-hydrogen) atoms. The Kier molecular flexibility index (Phi) is 10.9. The molecule has 0 heterocycles. The number of hydrogen-bond donors (Lipinski definition) is 2. The van der Waals surface area contributed by atoms with Crippen LogP contribution in [0.5, 0.6) is 0 Å². The van der Waals surface area contributed by atoms with Crippen molar-refractivity contribution >= 4 is 11.8 Å². The van der Waals surface area contributed by atoms with Gasteiger partial charge in [0.2, 0.25) is 11.8 Å². The molecule has 2 N–H and O–H groups in total. The zero-order chi connectivity index (χ0) is 21.6. The van der Waals surface area contributed by atoms with Crippen molar-refractivity contribution in [3.8, 4) is 0 Å². The van der Waals surface area contributed by atoms with Gasteiger partial charge in [0.05, 0.1) is 13.8 Å². The average Bonchev–Trinajstić information content (AvgIpc) is 2.68. The molecule has 1 rings (SSSR count). The quantitative estimate of drug-likeness (QED) is 0.434. The van der Waals surface area contributed by atoms with Crippen LogP contribution in [0.15, 0.2) is 54.5 Å². The van der Waals surface area contributed by atoms with Crippen LogP contribution in [0, 0.1) is 11.6 Å². The summed E-state index contributed by atoms with van der Waals surface area (Å²) in [6, 6.07) is 1.93. The number of methoxy groups -OCH3 is 1. The van der Waals surface area contributed by atoms with Gasteiger partial charge in [0.25, 0.3) is 0 Å². The Bertz CT molecular complexity index is 756. The van der Waals surface area contributed by atoms with Crippen molar-refractivity contribution in [2.75, 3.05) is 13.8 Å². The smallest absolute Gasteiger partial charge is 0.246 e. The first-order valence-corrected chi connectivity index (χ1v) is 9.07. The number of carbonyl (C=O) groups excluding carboxylic acids is 2. The minimum atomic E-state index is -1.01. The lowest BCUT2D eigenvalue weighted by Crippen LogP contribution is -2.46. The van der Waals surface area contributed by atoms with E-state index in [4.69, 9.17) is 4.74 Å². The molecule has 2 amide bonds. The van der Waals surface area contributed by atoms with Gasteiger partial charge in [-0.1, -0.05) is 13.0 Å². The first kappa shape index (κ1) is 24.0. The van der Waals surface area contributed by atoms with Gasteiger partial charge in [-0.05, 0) is 42.3 Å². The molecule has 0 saturated heterocycles. The van der Waals surface area contributed by atoms with Crippen LogP contribution in [0.2, 0.25) is 0 Å². The van der Waals surface area contributed by atoms with Crippen molar-refractivity contribution in [3.63, 3.8) is 0 Å². The van der Waals surface area contributed by atoms with Crippen molar-refractivity contribution in [2.45, 2.75) is 32.2 Å². The fourth-order valence-corrected chi connectivity index (χ4v) is 2.30. The summed E-state index contributed by atoms with van der Waals surface area (Å²) in [5.41, 5.74) is 0.239. The number of rotatable bonds is 11. The first-order chi connectivity index (χ1) is 13.9. The van der Waals surface area contributed by atoms with E-state index in [1.54, 1.807) is 25.2 Å². The lowest BCUT2D eigenvalue weighted by Gasteiger charge is -2.17. The first-order valence-electron chi connectivity index (χ1n) is 9.07. The van der Waals surface area contributed by atoms with Gasteiger partial charge in [-0.2, -0.15) is 0 Å². The molecule has 0 fully saturated rings. The summed E-state index contributed by atoms with van der Waals surface area (Å²) in [5, 5.41) is 5.03. The SMILES string of the molecule is CCC(=O)NC(Cc1cc(F)cc(F)c1)C(=O)N/C=C/C=C(\C=C/CCF)OC. The summed E-state index contributed by atoms with van der Waals surface area (Å²) in [5.74, 6) is -1.99. The molecule has 0 spiro atoms. The Morgan fingerprint density at radius 3 is 2.48 bits per heavy atom. The number of benzene rings is 1. The van der Waals surface area contributed by atoms with Crippen LogP contribution < -0.4 is 10.6 Å². The number of allylic oxidation sites excluding steroid dienone is 4. The number of nitrogens with one attached hydrogen (secondary N) is 2. The summed E-state index contributed by atoms with van der Waals surface area (Å²) in [6.07, 6.45) is 7.92. The maximum atomic E-state index is 13.4. The lowest BCUT2D eigenvalue weighted by molar-refractivity contribution is -0.128. The van der Waals surface area contributed by atoms with Gasteiger partial charge in [0.1, 0.15) is 23.4 Å². The van der Waals surface area contributed by atoms with Gasteiger partial charge in [0, 0.05) is 25.1 Å². The largest absolute Gasteiger partial charge is 0.497 e. The molecule has 1 atom stereocenters. The van der Waals surface area contributed by atoms with Crippen LogP contribution in [0.1, 0.15) is 25.3 Å². The lowest BCUT2D eigenvalue weighted by atomic mass is 10.0. The predicted octanol–water partition coefficient (Wildman–Crippen LogP) is 3.48. The molecule has 0 aliphatic rings. The summed E-state index contributed by atoms with van der Waals surface area (Å²) in [4.78, 5) is 24.1. The van der Waals surface area contributed by atoms with Crippen LogP contribution in [0.25, 0.3) is 0 Å². The third-order valence-electron chi connectivity index (χ3n) is 3.71. The Labute approximate surface area is 168 Å². The van der Waals surface area contributed by atoms with Gasteiger partial charge in [-0.15, -0.1) is 0 Å². The average molecular weight is 410 g/mol. The maximum Gasteiger partial charge on any atom is 0.246 e. The van der Waals surface area contributed by atoms with E-state index in [9.17, 15) is 22.8 Å². The molecule has 0 radical (unpaired) electrons. The molecular weight excluding hydrogens is 385 g/mol. The van der Waals surface area contributed by atoms with Crippen LogP contribution in [-0.4, -0.2) is 31.6 Å². The highest BCUT2D eigenvalue weighted by molar-refractivity contribution is 5.88. The van der Waals surface area contributed by atoms with E-state index >= 15 is 0 Å². The van der Waals surface area contributed by atoms with E-state index in [0.29, 0.717) is 5.76 Å². The zero-order valence-electron chi connectivity index (χ0n) is 16.4. The molecule has 0 aliphatic carbocycles. The second kappa shape index (κ2) is 13.2. The van der Waals surface area contributed by atoms with E-state index in [-0.39, 0.29) is 30.7 Å². The highest BCUT2D eigenvalue weighted by atomic mass is 19.1. The Hall–Kier alpha value is -3.03. The second-order valence-corrected chi connectivity index (χ2v) is 5.98. The number of ether oxygens (including phenoxy) is 1. The monoisotopic (exact) mass is 410 g/mol. The molecule has 0 aliphatic heterocycles. The van der Waals surface area contributed by atoms with Crippen molar-refractivity contribution in [1.82, 2.24) is 10.6 Å². The Morgan fingerprint density at radius 2 is 1.90 bits per heavy atom. The molecule has 0 bridgehead atoms. The minimum absolute atomic E-state index is 0.0782. The fourth-order valence-electron chi connectivity index (χ4n) is 2.30. The van der Waals surface area contributed by atoms with Crippen molar-refractivity contribution in [2.24, 2.45) is 0 Å². The molecule has 1 aromatic carbocycles. The number of alkyl halides is 1. The second-order valence-electron chi connectivity index (χ2n) is 5.98. The number of carbonyl (C=O) groups is 2. The fraction of sp³-hybridized carbons (Fsp3) is 0.333. The van der Waals surface area contributed by atoms with E-state index < -0.39 is 30.3 Å². The zero-order valence-corrected chi connectivity index (χ0v) is 16.4.